The molecule has 1 aromatic carbocycles. The number of likely N-dealkylation sites (N-methyl/N-ethyl adjacent to an activating group) is 1. The number of nitrogens with zero attached hydrogens (tertiary/aromatic N) is 1. The minimum atomic E-state index is 0.625. The fourth-order valence-corrected chi connectivity index (χ4v) is 2.76. The topological polar surface area (TPSA) is 3.24 Å². The third-order valence-corrected chi connectivity index (χ3v) is 3.84. The lowest BCUT2D eigenvalue weighted by Gasteiger charge is -2.30. The normalized spacial score (nSPS) is 12.9. The molecule has 18 heavy (non-hydrogen) atoms. The van der Waals surface area contributed by atoms with Crippen LogP contribution in [0.15, 0.2) is 24.3 Å². The van der Waals surface area contributed by atoms with E-state index in [9.17, 15) is 0 Å². The highest BCUT2D eigenvalue weighted by atomic mass is 35.5. The average molecular weight is 268 g/mol. The molecule has 1 atom stereocenters. The fourth-order valence-electron chi connectivity index (χ4n) is 2.55. The summed E-state index contributed by atoms with van der Waals surface area (Å²) >= 11 is 6.27. The molecule has 1 nitrogen and oxygen atoms in total. The maximum Gasteiger partial charge on any atom is 0.0438 e. The predicted octanol–water partition coefficient (Wildman–Crippen LogP) is 4.78. The predicted molar refractivity (Wildman–Crippen MR) is 81.4 cm³/mol. The molecule has 0 spiro atoms. The summed E-state index contributed by atoms with van der Waals surface area (Å²) in [6.07, 6.45) is 4.77. The molecule has 0 aliphatic heterocycles. The van der Waals surface area contributed by atoms with Crippen molar-refractivity contribution >= 4 is 11.6 Å². The molecule has 0 N–H and O–H groups in total. The van der Waals surface area contributed by atoms with E-state index in [2.05, 4.69) is 37.8 Å². The van der Waals surface area contributed by atoms with Gasteiger partial charge in [0.1, 0.15) is 0 Å². The van der Waals surface area contributed by atoms with Gasteiger partial charge >= 0.3 is 0 Å². The maximum absolute atomic E-state index is 6.27. The Morgan fingerprint density at radius 1 is 1.11 bits per heavy atom. The zero-order chi connectivity index (χ0) is 13.4. The van der Waals surface area contributed by atoms with E-state index in [0.717, 1.165) is 18.0 Å². The minimum Gasteiger partial charge on any atom is -0.300 e. The van der Waals surface area contributed by atoms with Gasteiger partial charge < -0.3 is 4.90 Å². The Bertz CT molecular complexity index is 338. The van der Waals surface area contributed by atoms with Crippen LogP contribution in [0.3, 0.4) is 0 Å². The van der Waals surface area contributed by atoms with Crippen molar-refractivity contribution in [2.75, 3.05) is 13.1 Å². The highest BCUT2D eigenvalue weighted by Gasteiger charge is 2.17. The highest BCUT2D eigenvalue weighted by Crippen LogP contribution is 2.20. The van der Waals surface area contributed by atoms with Crippen LogP contribution in [0.2, 0.25) is 5.02 Å². The first-order valence-corrected chi connectivity index (χ1v) is 7.58. The van der Waals surface area contributed by atoms with Crippen molar-refractivity contribution in [3.63, 3.8) is 0 Å². The average Bonchev–Trinajstić information content (AvgIpc) is 2.38. The first-order valence-electron chi connectivity index (χ1n) is 7.20. The third-order valence-electron chi connectivity index (χ3n) is 3.47. The summed E-state index contributed by atoms with van der Waals surface area (Å²) in [4.78, 5) is 2.59. The second kappa shape index (κ2) is 8.55. The minimum absolute atomic E-state index is 0.625. The number of hydrogen-bond donors (Lipinski definition) is 0. The van der Waals surface area contributed by atoms with E-state index >= 15 is 0 Å². The van der Waals surface area contributed by atoms with Gasteiger partial charge in [-0.15, -0.1) is 0 Å². The van der Waals surface area contributed by atoms with E-state index < -0.39 is 0 Å². The lowest BCUT2D eigenvalue weighted by molar-refractivity contribution is 0.193. The molecule has 0 aliphatic rings. The van der Waals surface area contributed by atoms with E-state index in [1.807, 2.05) is 12.1 Å². The van der Waals surface area contributed by atoms with Gasteiger partial charge in [0.05, 0.1) is 0 Å². The van der Waals surface area contributed by atoms with Crippen molar-refractivity contribution < 1.29 is 0 Å². The summed E-state index contributed by atoms with van der Waals surface area (Å²) < 4.78 is 0. The quantitative estimate of drug-likeness (QED) is 0.655. The maximum atomic E-state index is 6.27. The molecule has 1 aromatic rings. The lowest BCUT2D eigenvalue weighted by Crippen LogP contribution is -2.37. The third kappa shape index (κ3) is 4.62. The molecule has 102 valence electrons. The molecule has 0 saturated carbocycles. The molecular formula is C16H26ClN. The Morgan fingerprint density at radius 3 is 2.39 bits per heavy atom. The van der Waals surface area contributed by atoms with Crippen LogP contribution in [-0.4, -0.2) is 24.0 Å². The molecule has 0 heterocycles. The van der Waals surface area contributed by atoms with Crippen LogP contribution in [0.1, 0.15) is 45.6 Å². The number of benzene rings is 1. The van der Waals surface area contributed by atoms with Gasteiger partial charge in [0.25, 0.3) is 0 Å². The molecule has 1 rings (SSSR count). The molecule has 0 radical (unpaired) electrons. The SMILES string of the molecule is CCCC(Cc1ccccc1Cl)N(CC)CCC. The fraction of sp³-hybridized carbons (Fsp3) is 0.625. The standard InChI is InChI=1S/C16H26ClN/c1-4-9-15(18(6-3)12-5-2)13-14-10-7-8-11-16(14)17/h7-8,10-11,15H,4-6,9,12-13H2,1-3H3. The van der Waals surface area contributed by atoms with Crippen molar-refractivity contribution in [3.05, 3.63) is 34.9 Å². The molecule has 0 aliphatic carbocycles. The zero-order valence-corrected chi connectivity index (χ0v) is 12.7. The molecule has 0 saturated heterocycles. The van der Waals surface area contributed by atoms with Gasteiger partial charge in [-0.05, 0) is 44.0 Å². The van der Waals surface area contributed by atoms with Crippen molar-refractivity contribution in [1.29, 1.82) is 0 Å². The van der Waals surface area contributed by atoms with Crippen LogP contribution in [0, 0.1) is 0 Å². The van der Waals surface area contributed by atoms with Crippen molar-refractivity contribution in [3.8, 4) is 0 Å². The number of hydrogen-bond acceptors (Lipinski definition) is 1. The van der Waals surface area contributed by atoms with E-state index in [1.165, 1.54) is 31.4 Å². The van der Waals surface area contributed by atoms with Gasteiger partial charge in [-0.25, -0.2) is 0 Å². The molecule has 0 bridgehead atoms. The molecule has 2 heteroatoms. The highest BCUT2D eigenvalue weighted by molar-refractivity contribution is 6.31. The molecule has 1 unspecified atom stereocenters. The monoisotopic (exact) mass is 267 g/mol. The zero-order valence-electron chi connectivity index (χ0n) is 12.0. The van der Waals surface area contributed by atoms with Crippen molar-refractivity contribution in [1.82, 2.24) is 4.90 Å². The second-order valence-electron chi connectivity index (χ2n) is 4.87. The first kappa shape index (κ1) is 15.5. The Balaban J connectivity index is 2.75. The van der Waals surface area contributed by atoms with E-state index in [4.69, 9.17) is 11.6 Å². The Hall–Kier alpha value is -0.530. The van der Waals surface area contributed by atoms with E-state index in [0.29, 0.717) is 6.04 Å². The van der Waals surface area contributed by atoms with Crippen LogP contribution in [0.25, 0.3) is 0 Å². The van der Waals surface area contributed by atoms with Crippen LogP contribution in [-0.2, 0) is 6.42 Å². The summed E-state index contributed by atoms with van der Waals surface area (Å²) in [6, 6.07) is 8.87. The van der Waals surface area contributed by atoms with Gasteiger partial charge in [-0.3, -0.25) is 0 Å². The first-order chi connectivity index (χ1) is 8.72. The van der Waals surface area contributed by atoms with Crippen LogP contribution in [0.5, 0.6) is 0 Å². The van der Waals surface area contributed by atoms with Crippen LogP contribution >= 0.6 is 11.6 Å². The summed E-state index contributed by atoms with van der Waals surface area (Å²) in [6.45, 7) is 9.08. The smallest absolute Gasteiger partial charge is 0.0438 e. The summed E-state index contributed by atoms with van der Waals surface area (Å²) in [7, 11) is 0. The summed E-state index contributed by atoms with van der Waals surface area (Å²) in [5.74, 6) is 0. The molecular weight excluding hydrogens is 242 g/mol. The van der Waals surface area contributed by atoms with Gasteiger partial charge in [-0.2, -0.15) is 0 Å². The number of halogens is 1. The van der Waals surface area contributed by atoms with Crippen molar-refractivity contribution in [2.24, 2.45) is 0 Å². The Morgan fingerprint density at radius 2 is 1.83 bits per heavy atom. The van der Waals surface area contributed by atoms with Gasteiger partial charge in [-0.1, -0.05) is 57.0 Å². The second-order valence-corrected chi connectivity index (χ2v) is 5.27. The van der Waals surface area contributed by atoms with E-state index in [1.54, 1.807) is 0 Å². The Kier molecular flexibility index (Phi) is 7.38. The van der Waals surface area contributed by atoms with Gasteiger partial charge in [0.15, 0.2) is 0 Å². The van der Waals surface area contributed by atoms with Crippen LogP contribution in [0.4, 0.5) is 0 Å². The molecule has 0 amide bonds. The van der Waals surface area contributed by atoms with Crippen molar-refractivity contribution in [2.45, 2.75) is 52.5 Å². The molecule has 0 aromatic heterocycles. The lowest BCUT2D eigenvalue weighted by atomic mass is 10.00. The van der Waals surface area contributed by atoms with Crippen LogP contribution < -0.4 is 0 Å². The van der Waals surface area contributed by atoms with Gasteiger partial charge in [0, 0.05) is 11.1 Å². The summed E-state index contributed by atoms with van der Waals surface area (Å²) in [5, 5.41) is 0.908. The summed E-state index contributed by atoms with van der Waals surface area (Å²) in [5.41, 5.74) is 1.28. The number of rotatable bonds is 8. The molecule has 0 fully saturated rings. The Labute approximate surface area is 117 Å². The van der Waals surface area contributed by atoms with Gasteiger partial charge in [0.2, 0.25) is 0 Å². The van der Waals surface area contributed by atoms with E-state index in [-0.39, 0.29) is 0 Å². The largest absolute Gasteiger partial charge is 0.300 e.